The molecule has 72 valence electrons. The molecule has 12 heavy (non-hydrogen) atoms. The zero-order chi connectivity index (χ0) is 8.59. The van der Waals surface area contributed by atoms with Gasteiger partial charge in [-0.3, -0.25) is 0 Å². The van der Waals surface area contributed by atoms with E-state index in [1.54, 1.807) is 0 Å². The SMILES string of the molecule is [CH2-]C1OC(C)[C@H](C)C(C)[C@H]1C.[W]. The summed E-state index contributed by atoms with van der Waals surface area (Å²) in [6.07, 6.45) is 0.569. The third-order valence-electron chi connectivity index (χ3n) is 3.38. The zero-order valence-corrected chi connectivity index (χ0v) is 11.3. The number of hydrogen-bond acceptors (Lipinski definition) is 1. The quantitative estimate of drug-likeness (QED) is 0.617. The van der Waals surface area contributed by atoms with Gasteiger partial charge in [0.1, 0.15) is 0 Å². The summed E-state index contributed by atoms with van der Waals surface area (Å²) in [5.41, 5.74) is 0. The maximum absolute atomic E-state index is 5.67. The fourth-order valence-corrected chi connectivity index (χ4v) is 1.77. The standard InChI is InChI=1S/C10H19O.W/c1-6-7(2)9(4)11-10(5)8(6)3;/h6-10H,4H2,1-3,5H3;/q-1;/t6?,7-,8-,9?,10?;/m1./s1. The van der Waals surface area contributed by atoms with E-state index in [9.17, 15) is 0 Å². The van der Waals surface area contributed by atoms with Crippen LogP contribution in [0.1, 0.15) is 27.7 Å². The minimum Gasteiger partial charge on any atom is -0.407 e. The van der Waals surface area contributed by atoms with Crippen molar-refractivity contribution >= 4 is 0 Å². The van der Waals surface area contributed by atoms with Crippen LogP contribution < -0.4 is 0 Å². The summed E-state index contributed by atoms with van der Waals surface area (Å²) in [5.74, 6) is 2.01. The number of rotatable bonds is 0. The van der Waals surface area contributed by atoms with Gasteiger partial charge in [-0.25, -0.2) is 0 Å². The number of hydrogen-bond donors (Lipinski definition) is 0. The van der Waals surface area contributed by atoms with Crippen molar-refractivity contribution in [1.29, 1.82) is 0 Å². The first-order chi connectivity index (χ1) is 5.04. The van der Waals surface area contributed by atoms with Gasteiger partial charge in [0.05, 0.1) is 6.10 Å². The Kier molecular flexibility index (Phi) is 5.02. The Morgan fingerprint density at radius 2 is 1.42 bits per heavy atom. The zero-order valence-electron chi connectivity index (χ0n) is 8.41. The molecule has 1 aliphatic heterocycles. The summed E-state index contributed by atoms with van der Waals surface area (Å²) in [5, 5.41) is 0. The topological polar surface area (TPSA) is 9.23 Å². The average Bonchev–Trinajstić information content (AvgIpc) is 1.97. The molecule has 0 aromatic carbocycles. The molecule has 1 nitrogen and oxygen atoms in total. The molecule has 1 heterocycles. The van der Waals surface area contributed by atoms with Crippen molar-refractivity contribution in [1.82, 2.24) is 0 Å². The third kappa shape index (κ3) is 2.32. The smallest absolute Gasteiger partial charge is 0.0543 e. The first-order valence-electron chi connectivity index (χ1n) is 4.52. The molecule has 0 aromatic heterocycles. The van der Waals surface area contributed by atoms with Gasteiger partial charge in [-0.1, -0.05) is 26.9 Å². The maximum Gasteiger partial charge on any atom is 0.0543 e. The van der Waals surface area contributed by atoms with Crippen LogP contribution >= 0.6 is 0 Å². The van der Waals surface area contributed by atoms with Crippen LogP contribution in [0.5, 0.6) is 0 Å². The Labute approximate surface area is 90.5 Å². The van der Waals surface area contributed by atoms with E-state index in [2.05, 4.69) is 34.6 Å². The van der Waals surface area contributed by atoms with Crippen LogP contribution in [0.15, 0.2) is 0 Å². The minimum absolute atomic E-state index is 0. The Morgan fingerprint density at radius 3 is 1.92 bits per heavy atom. The van der Waals surface area contributed by atoms with Gasteiger partial charge >= 0.3 is 0 Å². The molecule has 2 heteroatoms. The van der Waals surface area contributed by atoms with Crippen LogP contribution in [-0.2, 0) is 25.8 Å². The Bertz CT molecular complexity index is 124. The van der Waals surface area contributed by atoms with Gasteiger partial charge in [-0.2, -0.15) is 0 Å². The summed E-state index contributed by atoms with van der Waals surface area (Å²) in [4.78, 5) is 0. The minimum atomic E-state index is 0. The van der Waals surface area contributed by atoms with Crippen molar-refractivity contribution in [2.24, 2.45) is 17.8 Å². The number of ether oxygens (including phenoxy) is 1. The molecule has 0 saturated carbocycles. The van der Waals surface area contributed by atoms with Crippen molar-refractivity contribution in [3.8, 4) is 0 Å². The molecule has 0 spiro atoms. The molecule has 0 aliphatic carbocycles. The van der Waals surface area contributed by atoms with E-state index in [1.165, 1.54) is 0 Å². The summed E-state index contributed by atoms with van der Waals surface area (Å²) in [7, 11) is 0. The van der Waals surface area contributed by atoms with E-state index >= 15 is 0 Å². The van der Waals surface area contributed by atoms with Gasteiger partial charge in [0.2, 0.25) is 0 Å². The second-order valence-electron chi connectivity index (χ2n) is 3.96. The maximum atomic E-state index is 5.67. The molecular weight excluding hydrogens is 320 g/mol. The molecular formula is C10H19OW-. The fraction of sp³-hybridized carbons (Fsp3) is 0.900. The second kappa shape index (κ2) is 4.77. The fourth-order valence-electron chi connectivity index (χ4n) is 1.77. The molecule has 0 N–H and O–H groups in total. The van der Waals surface area contributed by atoms with Crippen molar-refractivity contribution in [2.75, 3.05) is 0 Å². The Hall–Kier alpha value is 0.648. The van der Waals surface area contributed by atoms with Crippen LogP contribution in [0.4, 0.5) is 0 Å². The van der Waals surface area contributed by atoms with Crippen LogP contribution in [0, 0.1) is 24.7 Å². The van der Waals surface area contributed by atoms with Crippen molar-refractivity contribution in [2.45, 2.75) is 39.9 Å². The van der Waals surface area contributed by atoms with E-state index < -0.39 is 0 Å². The summed E-state index contributed by atoms with van der Waals surface area (Å²) in [6, 6.07) is 0. The van der Waals surface area contributed by atoms with E-state index in [-0.39, 0.29) is 27.2 Å². The molecule has 5 atom stereocenters. The second-order valence-corrected chi connectivity index (χ2v) is 3.96. The van der Waals surface area contributed by atoms with Gasteiger partial charge < -0.3 is 11.7 Å². The van der Waals surface area contributed by atoms with Crippen LogP contribution in [0.3, 0.4) is 0 Å². The predicted molar refractivity (Wildman–Crippen MR) is 47.2 cm³/mol. The summed E-state index contributed by atoms with van der Waals surface area (Å²) in [6.45, 7) is 12.9. The van der Waals surface area contributed by atoms with Crippen LogP contribution in [0.25, 0.3) is 0 Å². The van der Waals surface area contributed by atoms with E-state index in [1.807, 2.05) is 0 Å². The summed E-state index contributed by atoms with van der Waals surface area (Å²) >= 11 is 0. The van der Waals surface area contributed by atoms with Crippen molar-refractivity contribution in [3.63, 3.8) is 0 Å². The summed E-state index contributed by atoms with van der Waals surface area (Å²) < 4.78 is 5.67. The first-order valence-corrected chi connectivity index (χ1v) is 4.52. The van der Waals surface area contributed by atoms with E-state index in [0.717, 1.165) is 5.92 Å². The van der Waals surface area contributed by atoms with Gasteiger partial charge in [0.25, 0.3) is 0 Å². The van der Waals surface area contributed by atoms with Crippen LogP contribution in [0.2, 0.25) is 0 Å². The van der Waals surface area contributed by atoms with Gasteiger partial charge in [0, 0.05) is 21.1 Å². The monoisotopic (exact) mass is 339 g/mol. The van der Waals surface area contributed by atoms with Crippen molar-refractivity contribution in [3.05, 3.63) is 6.92 Å². The molecule has 1 rings (SSSR count). The first kappa shape index (κ1) is 12.6. The van der Waals surface area contributed by atoms with Gasteiger partial charge in [-0.15, -0.1) is 0 Å². The normalized spacial score (nSPS) is 48.2. The van der Waals surface area contributed by atoms with Gasteiger partial charge in [0.15, 0.2) is 0 Å². The van der Waals surface area contributed by atoms with Crippen molar-refractivity contribution < 1.29 is 25.8 Å². The predicted octanol–water partition coefficient (Wildman–Crippen LogP) is 2.51. The largest absolute Gasteiger partial charge is 0.407 e. The molecule has 1 fully saturated rings. The third-order valence-corrected chi connectivity index (χ3v) is 3.38. The van der Waals surface area contributed by atoms with E-state index in [0.29, 0.717) is 17.9 Å². The molecule has 0 bridgehead atoms. The Morgan fingerprint density at radius 1 is 0.917 bits per heavy atom. The molecule has 0 amide bonds. The molecule has 1 saturated heterocycles. The molecule has 0 aromatic rings. The van der Waals surface area contributed by atoms with Crippen LogP contribution in [-0.4, -0.2) is 12.2 Å². The van der Waals surface area contributed by atoms with Gasteiger partial charge in [-0.05, 0) is 24.7 Å². The Balaban J connectivity index is 0.00000121. The molecule has 3 unspecified atom stereocenters. The van der Waals surface area contributed by atoms with E-state index in [4.69, 9.17) is 4.74 Å². The molecule has 0 radical (unpaired) electrons. The molecule has 1 aliphatic rings. The average molecular weight is 339 g/mol.